The number of hydrogen-bond donors (Lipinski definition) is 2. The summed E-state index contributed by atoms with van der Waals surface area (Å²) in [5, 5.41) is 3.27. The topological polar surface area (TPSA) is 99.3 Å². The van der Waals surface area contributed by atoms with Gasteiger partial charge in [-0.05, 0) is 56.9 Å². The Balaban J connectivity index is 1.61. The van der Waals surface area contributed by atoms with Gasteiger partial charge >= 0.3 is 0 Å². The Morgan fingerprint density at radius 1 is 1.12 bits per heavy atom. The monoisotopic (exact) mass is 467 g/mol. The zero-order valence-corrected chi connectivity index (χ0v) is 19.7. The summed E-state index contributed by atoms with van der Waals surface area (Å²) in [5.74, 6) is -0.404. The van der Waals surface area contributed by atoms with E-state index in [9.17, 15) is 18.0 Å². The summed E-state index contributed by atoms with van der Waals surface area (Å²) < 4.78 is 28.1. The Hall–Kier alpha value is -2.97. The minimum Gasteiger partial charge on any atom is -0.352 e. The fraction of sp³-hybridized carbons (Fsp3) is 0.360. The Labute approximate surface area is 193 Å². The number of aromatic amines is 1. The number of nitrogens with one attached hydrogen (secondary N) is 2. The van der Waals surface area contributed by atoms with E-state index in [2.05, 4.69) is 10.3 Å². The molecule has 0 aliphatic carbocycles. The lowest BCUT2D eigenvalue weighted by Gasteiger charge is -2.32. The van der Waals surface area contributed by atoms with E-state index in [0.29, 0.717) is 30.4 Å². The van der Waals surface area contributed by atoms with Crippen molar-refractivity contribution in [1.82, 2.24) is 14.6 Å². The van der Waals surface area contributed by atoms with Crippen LogP contribution in [0.5, 0.6) is 0 Å². The molecule has 1 aliphatic rings. The second-order valence-corrected chi connectivity index (χ2v) is 10.6. The lowest BCUT2D eigenvalue weighted by molar-refractivity contribution is 0.0955. The maximum atomic E-state index is 13.3. The van der Waals surface area contributed by atoms with E-state index in [4.69, 9.17) is 0 Å². The van der Waals surface area contributed by atoms with Crippen molar-refractivity contribution >= 4 is 26.8 Å². The molecule has 1 amide bonds. The molecule has 1 aromatic heterocycles. The molecule has 174 valence electrons. The smallest absolute Gasteiger partial charge is 0.252 e. The second-order valence-electron chi connectivity index (χ2n) is 8.71. The van der Waals surface area contributed by atoms with Gasteiger partial charge in [-0.25, -0.2) is 8.42 Å². The van der Waals surface area contributed by atoms with Gasteiger partial charge in [0, 0.05) is 36.1 Å². The normalized spacial score (nSPS) is 17.2. The van der Waals surface area contributed by atoms with Gasteiger partial charge in [-0.2, -0.15) is 4.31 Å². The molecule has 1 aliphatic heterocycles. The first-order valence-corrected chi connectivity index (χ1v) is 12.7. The van der Waals surface area contributed by atoms with Gasteiger partial charge in [-0.1, -0.05) is 36.2 Å². The number of aryl methyl sites for hydroxylation is 1. The van der Waals surface area contributed by atoms with Gasteiger partial charge in [0.25, 0.3) is 5.91 Å². The van der Waals surface area contributed by atoms with Crippen molar-refractivity contribution in [1.29, 1.82) is 0 Å². The summed E-state index contributed by atoms with van der Waals surface area (Å²) in [6, 6.07) is 13.8. The molecule has 4 rings (SSSR count). The fourth-order valence-electron chi connectivity index (χ4n) is 4.32. The number of aromatic nitrogens is 1. The molecule has 0 unspecified atom stereocenters. The summed E-state index contributed by atoms with van der Waals surface area (Å²) in [4.78, 5) is 27.9. The van der Waals surface area contributed by atoms with Crippen LogP contribution in [0.15, 0.2) is 58.2 Å². The van der Waals surface area contributed by atoms with Crippen LogP contribution in [0.25, 0.3) is 10.9 Å². The van der Waals surface area contributed by atoms with E-state index in [1.807, 2.05) is 38.1 Å². The van der Waals surface area contributed by atoms with E-state index < -0.39 is 21.5 Å². The SMILES string of the molecule is Cc1ccc(CCNC(=O)c2cc(=O)[nH]c3ccc(S(=O)(=O)N4CCCC[C@@H]4C)cc23)cc1. The quantitative estimate of drug-likeness (QED) is 0.581. The highest BCUT2D eigenvalue weighted by atomic mass is 32.2. The van der Waals surface area contributed by atoms with E-state index in [0.717, 1.165) is 24.8 Å². The number of rotatable bonds is 6. The van der Waals surface area contributed by atoms with E-state index >= 15 is 0 Å². The van der Waals surface area contributed by atoms with Gasteiger partial charge in [0.1, 0.15) is 0 Å². The predicted molar refractivity (Wildman–Crippen MR) is 129 cm³/mol. The maximum absolute atomic E-state index is 13.3. The van der Waals surface area contributed by atoms with Crippen LogP contribution in [0.3, 0.4) is 0 Å². The molecule has 2 aromatic carbocycles. The molecular formula is C25H29N3O4S. The number of sulfonamides is 1. The van der Waals surface area contributed by atoms with Crippen molar-refractivity contribution in [3.8, 4) is 0 Å². The molecule has 0 radical (unpaired) electrons. The number of pyridine rings is 1. The molecule has 3 aromatic rings. The summed E-state index contributed by atoms with van der Waals surface area (Å²) in [6.45, 7) is 4.82. The number of H-pyrrole nitrogens is 1. The van der Waals surface area contributed by atoms with Gasteiger partial charge in [0.2, 0.25) is 15.6 Å². The van der Waals surface area contributed by atoms with Gasteiger partial charge in [0.05, 0.1) is 10.5 Å². The van der Waals surface area contributed by atoms with Crippen LogP contribution in [-0.2, 0) is 16.4 Å². The number of fused-ring (bicyclic) bond motifs is 1. The second kappa shape index (κ2) is 9.49. The number of hydrogen-bond acceptors (Lipinski definition) is 4. The van der Waals surface area contributed by atoms with Gasteiger partial charge in [0.15, 0.2) is 0 Å². The van der Waals surface area contributed by atoms with E-state index in [1.54, 1.807) is 6.07 Å². The van der Waals surface area contributed by atoms with Crippen molar-refractivity contribution < 1.29 is 13.2 Å². The Bertz CT molecular complexity index is 1330. The molecule has 33 heavy (non-hydrogen) atoms. The minimum absolute atomic E-state index is 0.0698. The third-order valence-corrected chi connectivity index (χ3v) is 8.24. The molecule has 2 N–H and O–H groups in total. The highest BCUT2D eigenvalue weighted by molar-refractivity contribution is 7.89. The van der Waals surface area contributed by atoms with Crippen LogP contribution in [0.4, 0.5) is 0 Å². The molecule has 1 saturated heterocycles. The molecule has 0 saturated carbocycles. The minimum atomic E-state index is -3.70. The van der Waals surface area contributed by atoms with Crippen molar-refractivity contribution in [2.75, 3.05) is 13.1 Å². The third-order valence-electron chi connectivity index (χ3n) is 6.23. The summed E-state index contributed by atoms with van der Waals surface area (Å²) in [5.41, 5.74) is 2.45. The molecule has 8 heteroatoms. The molecule has 7 nitrogen and oxygen atoms in total. The first-order valence-electron chi connectivity index (χ1n) is 11.3. The standard InChI is InChI=1S/C25H29N3O4S/c1-17-6-8-19(9-7-17)12-13-26-25(30)22-16-24(29)27-23-11-10-20(15-21(22)23)33(31,32)28-14-4-3-5-18(28)2/h6-11,15-16,18H,3-5,12-14H2,1-2H3,(H,26,30)(H,27,29)/t18-/m0/s1. The van der Waals surface area contributed by atoms with Crippen molar-refractivity contribution in [3.05, 3.63) is 75.6 Å². The average molecular weight is 468 g/mol. The van der Waals surface area contributed by atoms with Crippen LogP contribution >= 0.6 is 0 Å². The highest BCUT2D eigenvalue weighted by Gasteiger charge is 2.31. The lowest BCUT2D eigenvalue weighted by atomic mass is 10.1. The van der Waals surface area contributed by atoms with Crippen LogP contribution < -0.4 is 10.9 Å². The van der Waals surface area contributed by atoms with Crippen molar-refractivity contribution in [2.45, 2.75) is 50.5 Å². The number of carbonyl (C=O) groups is 1. The van der Waals surface area contributed by atoms with Crippen LogP contribution in [0.1, 0.15) is 47.7 Å². The summed E-state index contributed by atoms with van der Waals surface area (Å²) in [7, 11) is -3.70. The first-order chi connectivity index (χ1) is 15.8. The van der Waals surface area contributed by atoms with Gasteiger partial charge < -0.3 is 10.3 Å². The van der Waals surface area contributed by atoms with Crippen LogP contribution in [-0.4, -0.2) is 42.7 Å². The first kappa shape index (κ1) is 23.2. The third kappa shape index (κ3) is 5.02. The Morgan fingerprint density at radius 2 is 1.88 bits per heavy atom. The number of carbonyl (C=O) groups excluding carboxylic acids is 1. The molecule has 2 heterocycles. The summed E-state index contributed by atoms with van der Waals surface area (Å²) >= 11 is 0. The Morgan fingerprint density at radius 3 is 2.61 bits per heavy atom. The molecule has 0 bridgehead atoms. The molecule has 0 spiro atoms. The van der Waals surface area contributed by atoms with Crippen LogP contribution in [0, 0.1) is 6.92 Å². The molecular weight excluding hydrogens is 438 g/mol. The zero-order chi connectivity index (χ0) is 23.6. The number of amides is 1. The van der Waals surface area contributed by atoms with E-state index in [1.165, 1.54) is 28.1 Å². The van der Waals surface area contributed by atoms with E-state index in [-0.39, 0.29) is 16.5 Å². The molecule has 1 atom stereocenters. The number of piperidine rings is 1. The number of nitrogens with zero attached hydrogens (tertiary/aromatic N) is 1. The van der Waals surface area contributed by atoms with Crippen molar-refractivity contribution in [3.63, 3.8) is 0 Å². The average Bonchev–Trinajstić information content (AvgIpc) is 2.79. The number of benzene rings is 2. The summed E-state index contributed by atoms with van der Waals surface area (Å²) in [6.07, 6.45) is 3.33. The Kier molecular flexibility index (Phi) is 6.67. The largest absolute Gasteiger partial charge is 0.352 e. The maximum Gasteiger partial charge on any atom is 0.252 e. The van der Waals surface area contributed by atoms with Gasteiger partial charge in [-0.15, -0.1) is 0 Å². The highest BCUT2D eigenvalue weighted by Crippen LogP contribution is 2.27. The van der Waals surface area contributed by atoms with Crippen LogP contribution in [0.2, 0.25) is 0 Å². The van der Waals surface area contributed by atoms with Crippen molar-refractivity contribution in [2.24, 2.45) is 0 Å². The fourth-order valence-corrected chi connectivity index (χ4v) is 6.04. The lowest BCUT2D eigenvalue weighted by Crippen LogP contribution is -2.41. The molecule has 1 fully saturated rings. The predicted octanol–water partition coefficient (Wildman–Crippen LogP) is 3.37. The zero-order valence-electron chi connectivity index (χ0n) is 18.9. The van der Waals surface area contributed by atoms with Gasteiger partial charge in [-0.3, -0.25) is 9.59 Å².